The largest absolute Gasteiger partial charge is 0.354 e. The molecule has 5 nitrogen and oxygen atoms in total. The van der Waals surface area contributed by atoms with Gasteiger partial charge in [0.1, 0.15) is 0 Å². The van der Waals surface area contributed by atoms with Gasteiger partial charge >= 0.3 is 0 Å². The standard InChI is InChI=1S/C18H28N4O.HI/c1-15-9-12-22(13-10-15)18(19-2)21-14-17(23)20-11-8-16-6-4-3-5-7-16;/h3-7,15H,8-14H2,1-2H3,(H,19,21)(H,20,23);1H. The smallest absolute Gasteiger partial charge is 0.239 e. The van der Waals surface area contributed by atoms with E-state index in [1.807, 2.05) is 18.2 Å². The average Bonchev–Trinajstić information content (AvgIpc) is 2.58. The minimum atomic E-state index is 0. The molecule has 1 aliphatic heterocycles. The predicted molar refractivity (Wildman–Crippen MR) is 110 cm³/mol. The highest BCUT2D eigenvalue weighted by atomic mass is 127. The number of hydrogen-bond acceptors (Lipinski definition) is 2. The number of carbonyl (C=O) groups is 1. The van der Waals surface area contributed by atoms with Crippen molar-refractivity contribution in [3.63, 3.8) is 0 Å². The first-order chi connectivity index (χ1) is 11.2. The highest BCUT2D eigenvalue weighted by Crippen LogP contribution is 2.15. The first-order valence-corrected chi connectivity index (χ1v) is 8.45. The Morgan fingerprint density at radius 3 is 2.50 bits per heavy atom. The molecule has 0 spiro atoms. The third kappa shape index (κ3) is 7.07. The Morgan fingerprint density at radius 1 is 1.21 bits per heavy atom. The molecule has 0 aliphatic carbocycles. The zero-order chi connectivity index (χ0) is 16.5. The zero-order valence-electron chi connectivity index (χ0n) is 14.6. The number of carbonyl (C=O) groups excluding carboxylic acids is 1. The topological polar surface area (TPSA) is 56.7 Å². The predicted octanol–water partition coefficient (Wildman–Crippen LogP) is 2.27. The molecule has 134 valence electrons. The normalized spacial score (nSPS) is 15.6. The Hall–Kier alpha value is -1.31. The van der Waals surface area contributed by atoms with Crippen LogP contribution in [0.2, 0.25) is 0 Å². The summed E-state index contributed by atoms with van der Waals surface area (Å²) in [5.74, 6) is 1.62. The Balaban J connectivity index is 0.00000288. The van der Waals surface area contributed by atoms with Crippen LogP contribution in [-0.4, -0.2) is 50.0 Å². The number of benzene rings is 1. The second kappa shape index (κ2) is 11.3. The summed E-state index contributed by atoms with van der Waals surface area (Å²) in [6.45, 7) is 5.23. The van der Waals surface area contributed by atoms with E-state index in [1.54, 1.807) is 7.05 Å². The molecule has 2 N–H and O–H groups in total. The zero-order valence-corrected chi connectivity index (χ0v) is 17.0. The van der Waals surface area contributed by atoms with Gasteiger partial charge < -0.3 is 15.5 Å². The van der Waals surface area contributed by atoms with E-state index in [0.29, 0.717) is 6.54 Å². The van der Waals surface area contributed by atoms with E-state index < -0.39 is 0 Å². The van der Waals surface area contributed by atoms with Crippen LogP contribution in [0.25, 0.3) is 0 Å². The van der Waals surface area contributed by atoms with Gasteiger partial charge in [0.2, 0.25) is 5.91 Å². The summed E-state index contributed by atoms with van der Waals surface area (Å²) in [6.07, 6.45) is 3.22. The maximum Gasteiger partial charge on any atom is 0.239 e. The number of guanidine groups is 1. The number of rotatable bonds is 5. The van der Waals surface area contributed by atoms with Gasteiger partial charge in [0.15, 0.2) is 5.96 Å². The first kappa shape index (κ1) is 20.7. The molecule has 1 amide bonds. The third-order valence-electron chi connectivity index (χ3n) is 4.28. The van der Waals surface area contributed by atoms with Crippen molar-refractivity contribution >= 4 is 35.8 Å². The van der Waals surface area contributed by atoms with Gasteiger partial charge in [-0.25, -0.2) is 0 Å². The number of likely N-dealkylation sites (tertiary alicyclic amines) is 1. The molecule has 0 radical (unpaired) electrons. The van der Waals surface area contributed by atoms with Crippen LogP contribution >= 0.6 is 24.0 Å². The summed E-state index contributed by atoms with van der Waals surface area (Å²) in [4.78, 5) is 18.5. The van der Waals surface area contributed by atoms with E-state index in [2.05, 4.69) is 39.6 Å². The lowest BCUT2D eigenvalue weighted by molar-refractivity contribution is -0.120. The van der Waals surface area contributed by atoms with Crippen molar-refractivity contribution in [3.8, 4) is 0 Å². The van der Waals surface area contributed by atoms with Crippen molar-refractivity contribution in [2.75, 3.05) is 33.2 Å². The van der Waals surface area contributed by atoms with Crippen LogP contribution in [0.1, 0.15) is 25.3 Å². The van der Waals surface area contributed by atoms with Gasteiger partial charge in [-0.1, -0.05) is 37.3 Å². The van der Waals surface area contributed by atoms with Gasteiger partial charge in [0.05, 0.1) is 6.54 Å². The summed E-state index contributed by atoms with van der Waals surface area (Å²) < 4.78 is 0. The molecular weight excluding hydrogens is 415 g/mol. The Morgan fingerprint density at radius 2 is 1.88 bits per heavy atom. The van der Waals surface area contributed by atoms with Crippen LogP contribution in [0.5, 0.6) is 0 Å². The lowest BCUT2D eigenvalue weighted by Gasteiger charge is -2.32. The number of hydrogen-bond donors (Lipinski definition) is 2. The van der Waals surface area contributed by atoms with Crippen LogP contribution in [0.4, 0.5) is 0 Å². The van der Waals surface area contributed by atoms with E-state index in [-0.39, 0.29) is 36.4 Å². The Kier molecular flexibility index (Phi) is 9.75. The van der Waals surface area contributed by atoms with Crippen molar-refractivity contribution in [1.82, 2.24) is 15.5 Å². The number of halogens is 1. The minimum absolute atomic E-state index is 0. The molecule has 0 aromatic heterocycles. The average molecular weight is 444 g/mol. The number of amides is 1. The Labute approximate surface area is 162 Å². The summed E-state index contributed by atoms with van der Waals surface area (Å²) in [6, 6.07) is 10.2. The van der Waals surface area contributed by atoms with Crippen molar-refractivity contribution < 1.29 is 4.79 Å². The van der Waals surface area contributed by atoms with Gasteiger partial charge in [-0.2, -0.15) is 0 Å². The molecule has 1 aromatic rings. The van der Waals surface area contributed by atoms with Crippen LogP contribution in [-0.2, 0) is 11.2 Å². The van der Waals surface area contributed by atoms with Crippen molar-refractivity contribution in [1.29, 1.82) is 0 Å². The molecule has 0 bridgehead atoms. The van der Waals surface area contributed by atoms with Crippen LogP contribution in [0, 0.1) is 5.92 Å². The van der Waals surface area contributed by atoms with Crippen LogP contribution in [0.3, 0.4) is 0 Å². The van der Waals surface area contributed by atoms with Gasteiger partial charge in [0.25, 0.3) is 0 Å². The molecule has 1 fully saturated rings. The maximum atomic E-state index is 11.9. The molecule has 1 saturated heterocycles. The molecule has 1 aliphatic rings. The molecule has 24 heavy (non-hydrogen) atoms. The summed E-state index contributed by atoms with van der Waals surface area (Å²) in [7, 11) is 1.77. The quantitative estimate of drug-likeness (QED) is 0.416. The molecule has 6 heteroatoms. The minimum Gasteiger partial charge on any atom is -0.354 e. The number of nitrogens with one attached hydrogen (secondary N) is 2. The second-order valence-corrected chi connectivity index (χ2v) is 6.16. The van der Waals surface area contributed by atoms with Crippen LogP contribution < -0.4 is 10.6 Å². The monoisotopic (exact) mass is 444 g/mol. The number of piperidine rings is 1. The van der Waals surface area contributed by atoms with Crippen molar-refractivity contribution in [3.05, 3.63) is 35.9 Å². The molecular formula is C18H29IN4O. The van der Waals surface area contributed by atoms with E-state index >= 15 is 0 Å². The van der Waals surface area contributed by atoms with Crippen LogP contribution in [0.15, 0.2) is 35.3 Å². The number of aliphatic imine (C=N–C) groups is 1. The van der Waals surface area contributed by atoms with E-state index in [4.69, 9.17) is 0 Å². The van der Waals surface area contributed by atoms with Crippen molar-refractivity contribution in [2.45, 2.75) is 26.2 Å². The second-order valence-electron chi connectivity index (χ2n) is 6.16. The third-order valence-corrected chi connectivity index (χ3v) is 4.28. The fourth-order valence-electron chi connectivity index (χ4n) is 2.77. The molecule has 0 atom stereocenters. The molecule has 0 unspecified atom stereocenters. The van der Waals surface area contributed by atoms with Gasteiger partial charge in [0, 0.05) is 26.7 Å². The lowest BCUT2D eigenvalue weighted by Crippen LogP contribution is -2.48. The molecule has 2 rings (SSSR count). The molecule has 0 saturated carbocycles. The SMILES string of the molecule is CN=C(NCC(=O)NCCc1ccccc1)N1CCC(C)CC1.I. The molecule has 1 heterocycles. The highest BCUT2D eigenvalue weighted by molar-refractivity contribution is 14.0. The fourth-order valence-corrected chi connectivity index (χ4v) is 2.77. The van der Waals surface area contributed by atoms with E-state index in [1.165, 1.54) is 18.4 Å². The summed E-state index contributed by atoms with van der Waals surface area (Å²) >= 11 is 0. The maximum absolute atomic E-state index is 11.9. The van der Waals surface area contributed by atoms with E-state index in [0.717, 1.165) is 31.4 Å². The summed E-state index contributed by atoms with van der Waals surface area (Å²) in [5, 5.41) is 6.11. The highest BCUT2D eigenvalue weighted by Gasteiger charge is 2.18. The Bertz CT molecular complexity index is 513. The van der Waals surface area contributed by atoms with Gasteiger partial charge in [-0.05, 0) is 30.7 Å². The number of nitrogens with zero attached hydrogens (tertiary/aromatic N) is 2. The summed E-state index contributed by atoms with van der Waals surface area (Å²) in [5.41, 5.74) is 1.24. The van der Waals surface area contributed by atoms with Gasteiger partial charge in [-0.15, -0.1) is 24.0 Å². The fraction of sp³-hybridized carbons (Fsp3) is 0.556. The molecule has 1 aromatic carbocycles. The first-order valence-electron chi connectivity index (χ1n) is 8.45. The lowest BCUT2D eigenvalue weighted by atomic mass is 10.00. The van der Waals surface area contributed by atoms with Gasteiger partial charge in [-0.3, -0.25) is 9.79 Å². The van der Waals surface area contributed by atoms with Crippen molar-refractivity contribution in [2.24, 2.45) is 10.9 Å². The van der Waals surface area contributed by atoms with E-state index in [9.17, 15) is 4.79 Å².